The van der Waals surface area contributed by atoms with Crippen LogP contribution in [-0.4, -0.2) is 14.3 Å². The van der Waals surface area contributed by atoms with Crippen LogP contribution in [0.3, 0.4) is 0 Å². The lowest BCUT2D eigenvalue weighted by atomic mass is 10.1. The molecule has 110 valence electrons. The van der Waals surface area contributed by atoms with E-state index < -0.39 is 22.1 Å². The number of hydrogen-bond donors (Lipinski definition) is 1. The molecule has 0 unspecified atom stereocenters. The molecule has 2 rings (SSSR count). The number of carbonyl (C=O) groups excluding carboxylic acids is 1. The van der Waals surface area contributed by atoms with Crippen LogP contribution in [0.5, 0.6) is 0 Å². The molecule has 5 nitrogen and oxygen atoms in total. The maximum atomic E-state index is 12.2. The molecule has 0 heterocycles. The van der Waals surface area contributed by atoms with E-state index in [0.29, 0.717) is 5.56 Å². The highest BCUT2D eigenvalue weighted by molar-refractivity contribution is 7.86. The third-order valence-corrected chi connectivity index (χ3v) is 4.19. The van der Waals surface area contributed by atoms with Crippen LogP contribution < -0.4 is 5.73 Å². The molecule has 1 amide bonds. The molecule has 0 aliphatic heterocycles. The van der Waals surface area contributed by atoms with Crippen LogP contribution in [0.1, 0.15) is 17.2 Å². The molecule has 6 heteroatoms. The fourth-order valence-corrected chi connectivity index (χ4v) is 2.82. The van der Waals surface area contributed by atoms with E-state index in [2.05, 4.69) is 0 Å². The van der Waals surface area contributed by atoms with Crippen molar-refractivity contribution >= 4 is 16.0 Å². The Kier molecular flexibility index (Phi) is 4.40. The molecule has 2 aromatic carbocycles. The van der Waals surface area contributed by atoms with Gasteiger partial charge in [0, 0.05) is 0 Å². The van der Waals surface area contributed by atoms with Crippen LogP contribution >= 0.6 is 0 Å². The van der Waals surface area contributed by atoms with E-state index in [1.54, 1.807) is 42.5 Å². The predicted octanol–water partition coefficient (Wildman–Crippen LogP) is 1.93. The summed E-state index contributed by atoms with van der Waals surface area (Å²) in [7, 11) is -4.07. The Morgan fingerprint density at radius 3 is 2.14 bits per heavy atom. The summed E-state index contributed by atoms with van der Waals surface area (Å²) >= 11 is 0. The summed E-state index contributed by atoms with van der Waals surface area (Å²) < 4.78 is 29.4. The molecule has 0 fully saturated rings. The van der Waals surface area contributed by atoms with Crippen molar-refractivity contribution in [2.75, 3.05) is 0 Å². The van der Waals surface area contributed by atoms with Gasteiger partial charge in [-0.3, -0.25) is 4.79 Å². The first-order valence-electron chi connectivity index (χ1n) is 6.24. The van der Waals surface area contributed by atoms with Crippen molar-refractivity contribution in [3.8, 4) is 0 Å². The molecule has 1 atom stereocenters. The Balaban J connectivity index is 2.32. The summed E-state index contributed by atoms with van der Waals surface area (Å²) in [5, 5.41) is 0. The SMILES string of the molecule is Cc1ccc(S(=O)(=O)O[C@@H](C(N)=O)c2ccccc2)cc1. The van der Waals surface area contributed by atoms with E-state index in [-0.39, 0.29) is 4.90 Å². The van der Waals surface area contributed by atoms with E-state index in [9.17, 15) is 13.2 Å². The van der Waals surface area contributed by atoms with Gasteiger partial charge in [-0.1, -0.05) is 48.0 Å². The van der Waals surface area contributed by atoms with Gasteiger partial charge in [-0.05, 0) is 24.6 Å². The summed E-state index contributed by atoms with van der Waals surface area (Å²) in [5.41, 5.74) is 6.56. The van der Waals surface area contributed by atoms with Crippen molar-refractivity contribution in [2.24, 2.45) is 5.73 Å². The van der Waals surface area contributed by atoms with Crippen LogP contribution in [0.25, 0.3) is 0 Å². The monoisotopic (exact) mass is 305 g/mol. The lowest BCUT2D eigenvalue weighted by Crippen LogP contribution is -2.26. The van der Waals surface area contributed by atoms with Gasteiger partial charge in [-0.25, -0.2) is 4.18 Å². The first-order valence-corrected chi connectivity index (χ1v) is 7.65. The van der Waals surface area contributed by atoms with Crippen molar-refractivity contribution in [3.63, 3.8) is 0 Å². The smallest absolute Gasteiger partial charge is 0.298 e. The van der Waals surface area contributed by atoms with Gasteiger partial charge in [0.1, 0.15) is 0 Å². The molecule has 0 bridgehead atoms. The first-order chi connectivity index (χ1) is 9.90. The normalized spacial score (nSPS) is 12.8. The van der Waals surface area contributed by atoms with Crippen molar-refractivity contribution in [2.45, 2.75) is 17.9 Å². The zero-order valence-electron chi connectivity index (χ0n) is 11.4. The summed E-state index contributed by atoms with van der Waals surface area (Å²) in [4.78, 5) is 11.5. The maximum Gasteiger partial charge on any atom is 0.298 e. The Morgan fingerprint density at radius 2 is 1.62 bits per heavy atom. The molecule has 0 saturated carbocycles. The van der Waals surface area contributed by atoms with E-state index in [1.807, 2.05) is 6.92 Å². The topological polar surface area (TPSA) is 86.5 Å². The molecule has 0 aliphatic carbocycles. The number of hydrogen-bond acceptors (Lipinski definition) is 4. The quantitative estimate of drug-likeness (QED) is 0.855. The lowest BCUT2D eigenvalue weighted by Gasteiger charge is -2.14. The zero-order chi connectivity index (χ0) is 15.5. The molecule has 0 radical (unpaired) electrons. The average molecular weight is 305 g/mol. The van der Waals surface area contributed by atoms with E-state index >= 15 is 0 Å². The number of amides is 1. The van der Waals surface area contributed by atoms with Gasteiger partial charge in [0.05, 0.1) is 4.90 Å². The zero-order valence-corrected chi connectivity index (χ0v) is 12.2. The number of aryl methyl sites for hydroxylation is 1. The number of nitrogens with two attached hydrogens (primary N) is 1. The summed E-state index contributed by atoms with van der Waals surface area (Å²) in [5.74, 6) is -0.864. The second kappa shape index (κ2) is 6.07. The van der Waals surface area contributed by atoms with Gasteiger partial charge < -0.3 is 5.73 Å². The van der Waals surface area contributed by atoms with Crippen LogP contribution in [0.4, 0.5) is 0 Å². The molecule has 2 N–H and O–H groups in total. The summed E-state index contributed by atoms with van der Waals surface area (Å²) in [6.07, 6.45) is -1.35. The van der Waals surface area contributed by atoms with Gasteiger partial charge in [0.15, 0.2) is 6.10 Å². The fraction of sp³-hybridized carbons (Fsp3) is 0.133. The predicted molar refractivity (Wildman–Crippen MR) is 77.8 cm³/mol. The molecular weight excluding hydrogens is 290 g/mol. The van der Waals surface area contributed by atoms with E-state index in [0.717, 1.165) is 5.56 Å². The second-order valence-electron chi connectivity index (χ2n) is 4.56. The first kappa shape index (κ1) is 15.2. The van der Waals surface area contributed by atoms with E-state index in [1.165, 1.54) is 12.1 Å². The van der Waals surface area contributed by atoms with Crippen molar-refractivity contribution < 1.29 is 17.4 Å². The highest BCUT2D eigenvalue weighted by Crippen LogP contribution is 2.23. The summed E-state index contributed by atoms with van der Waals surface area (Å²) in [6.45, 7) is 1.84. The van der Waals surface area contributed by atoms with E-state index in [4.69, 9.17) is 9.92 Å². The third kappa shape index (κ3) is 3.68. The molecule has 2 aromatic rings. The van der Waals surface area contributed by atoms with Gasteiger partial charge in [-0.2, -0.15) is 8.42 Å². The van der Waals surface area contributed by atoms with Crippen LogP contribution in [0.2, 0.25) is 0 Å². The molecule has 21 heavy (non-hydrogen) atoms. The summed E-state index contributed by atoms with van der Waals surface area (Å²) in [6, 6.07) is 14.4. The Morgan fingerprint density at radius 1 is 1.05 bits per heavy atom. The van der Waals surface area contributed by atoms with Crippen LogP contribution in [0.15, 0.2) is 59.5 Å². The number of rotatable bonds is 5. The second-order valence-corrected chi connectivity index (χ2v) is 6.13. The standard InChI is InChI=1S/C15H15NO4S/c1-11-7-9-13(10-8-11)21(18,19)20-14(15(16)17)12-5-3-2-4-6-12/h2-10,14H,1H3,(H2,16,17)/t14-/m1/s1. The minimum absolute atomic E-state index is 0.0183. The largest absolute Gasteiger partial charge is 0.367 e. The minimum Gasteiger partial charge on any atom is -0.367 e. The molecular formula is C15H15NO4S. The van der Waals surface area contributed by atoms with Crippen molar-refractivity contribution in [3.05, 3.63) is 65.7 Å². The third-order valence-electron chi connectivity index (χ3n) is 2.89. The van der Waals surface area contributed by atoms with Gasteiger partial charge >= 0.3 is 0 Å². The van der Waals surface area contributed by atoms with Gasteiger partial charge in [-0.15, -0.1) is 0 Å². The van der Waals surface area contributed by atoms with Crippen molar-refractivity contribution in [1.29, 1.82) is 0 Å². The Labute approximate surface area is 123 Å². The minimum atomic E-state index is -4.07. The average Bonchev–Trinajstić information content (AvgIpc) is 2.46. The van der Waals surface area contributed by atoms with Gasteiger partial charge in [0.25, 0.3) is 16.0 Å². The lowest BCUT2D eigenvalue weighted by molar-refractivity contribution is -0.124. The number of primary amides is 1. The highest BCUT2D eigenvalue weighted by atomic mass is 32.2. The Bertz CT molecular complexity index is 724. The number of carbonyl (C=O) groups is 1. The molecule has 0 aliphatic rings. The molecule has 0 aromatic heterocycles. The van der Waals surface area contributed by atoms with Crippen LogP contribution in [0, 0.1) is 6.92 Å². The fourth-order valence-electron chi connectivity index (χ4n) is 1.78. The Hall–Kier alpha value is -2.18. The highest BCUT2D eigenvalue weighted by Gasteiger charge is 2.27. The van der Waals surface area contributed by atoms with Crippen LogP contribution in [-0.2, 0) is 19.1 Å². The number of benzene rings is 2. The maximum absolute atomic E-state index is 12.2. The van der Waals surface area contributed by atoms with Crippen molar-refractivity contribution in [1.82, 2.24) is 0 Å². The molecule has 0 saturated heterocycles. The van der Waals surface area contributed by atoms with Gasteiger partial charge in [0.2, 0.25) is 0 Å². The molecule has 0 spiro atoms.